The van der Waals surface area contributed by atoms with Gasteiger partial charge in [0.15, 0.2) is 0 Å². The Kier molecular flexibility index (Phi) is 4.24. The molecule has 1 unspecified atom stereocenters. The molecule has 0 saturated heterocycles. The van der Waals surface area contributed by atoms with Crippen LogP contribution in [0.25, 0.3) is 10.2 Å². The van der Waals surface area contributed by atoms with E-state index in [4.69, 9.17) is 16.6 Å². The number of nitrogens with zero attached hydrogens (tertiary/aromatic N) is 1. The highest BCUT2D eigenvalue weighted by Gasteiger charge is 2.16. The molecule has 2 nitrogen and oxygen atoms in total. The Labute approximate surface area is 133 Å². The molecule has 21 heavy (non-hydrogen) atoms. The molecule has 1 atom stereocenters. The average Bonchev–Trinajstić information content (AvgIpc) is 2.90. The molecule has 0 fully saturated rings. The van der Waals surface area contributed by atoms with Gasteiger partial charge in [0, 0.05) is 17.5 Å². The zero-order chi connectivity index (χ0) is 14.8. The molecular weight excluding hydrogens is 300 g/mol. The van der Waals surface area contributed by atoms with E-state index in [0.717, 1.165) is 33.1 Å². The van der Waals surface area contributed by atoms with Gasteiger partial charge in [-0.3, -0.25) is 0 Å². The van der Waals surface area contributed by atoms with Crippen LogP contribution in [0.15, 0.2) is 42.5 Å². The monoisotopic (exact) mass is 316 g/mol. The van der Waals surface area contributed by atoms with Crippen LogP contribution in [-0.4, -0.2) is 12.0 Å². The lowest BCUT2D eigenvalue weighted by atomic mass is 10.0. The van der Waals surface area contributed by atoms with Crippen molar-refractivity contribution in [3.63, 3.8) is 0 Å². The molecule has 0 aliphatic heterocycles. The molecule has 0 aliphatic rings. The zero-order valence-corrected chi connectivity index (χ0v) is 13.6. The fourth-order valence-corrected chi connectivity index (χ4v) is 3.76. The van der Waals surface area contributed by atoms with E-state index in [0.29, 0.717) is 0 Å². The van der Waals surface area contributed by atoms with Crippen molar-refractivity contribution in [1.29, 1.82) is 0 Å². The third kappa shape index (κ3) is 2.95. The first-order valence-electron chi connectivity index (χ1n) is 6.95. The van der Waals surface area contributed by atoms with Crippen LogP contribution in [0.4, 0.5) is 0 Å². The Hall–Kier alpha value is -1.42. The van der Waals surface area contributed by atoms with Crippen molar-refractivity contribution in [2.24, 2.45) is 0 Å². The number of nitrogens with one attached hydrogen (secondary N) is 1. The van der Waals surface area contributed by atoms with Crippen LogP contribution in [0.5, 0.6) is 0 Å². The predicted molar refractivity (Wildman–Crippen MR) is 91.3 cm³/mol. The molecule has 1 aromatic heterocycles. The minimum atomic E-state index is 0.179. The Morgan fingerprint density at radius 3 is 2.76 bits per heavy atom. The Bertz CT molecular complexity index is 733. The first-order valence-corrected chi connectivity index (χ1v) is 8.15. The lowest BCUT2D eigenvalue weighted by Gasteiger charge is -2.17. The van der Waals surface area contributed by atoms with Crippen molar-refractivity contribution < 1.29 is 0 Å². The lowest BCUT2D eigenvalue weighted by Crippen LogP contribution is -2.19. The summed E-state index contributed by atoms with van der Waals surface area (Å²) in [5.74, 6) is 0. The highest BCUT2D eigenvalue weighted by Crippen LogP contribution is 2.30. The van der Waals surface area contributed by atoms with Crippen LogP contribution in [-0.2, 0) is 6.42 Å². The molecule has 0 spiro atoms. The molecular formula is C17H17ClN2S. The van der Waals surface area contributed by atoms with E-state index in [-0.39, 0.29) is 6.04 Å². The summed E-state index contributed by atoms with van der Waals surface area (Å²) in [6.45, 7) is 2.04. The zero-order valence-electron chi connectivity index (χ0n) is 12.1. The Morgan fingerprint density at radius 2 is 2.00 bits per heavy atom. The van der Waals surface area contributed by atoms with E-state index in [2.05, 4.69) is 35.6 Å². The second kappa shape index (κ2) is 6.14. The van der Waals surface area contributed by atoms with Gasteiger partial charge in [0.25, 0.3) is 0 Å². The number of para-hydroxylation sites is 1. The topological polar surface area (TPSA) is 24.9 Å². The number of fused-ring (bicyclic) bond motifs is 1. The van der Waals surface area contributed by atoms with E-state index in [1.54, 1.807) is 11.3 Å². The van der Waals surface area contributed by atoms with Gasteiger partial charge in [0.2, 0.25) is 0 Å². The number of hydrogen-bond acceptors (Lipinski definition) is 3. The van der Waals surface area contributed by atoms with Crippen LogP contribution in [0.3, 0.4) is 0 Å². The number of rotatable bonds is 4. The largest absolute Gasteiger partial charge is 0.313 e. The number of aryl methyl sites for hydroxylation is 1. The Morgan fingerprint density at radius 1 is 1.19 bits per heavy atom. The van der Waals surface area contributed by atoms with E-state index >= 15 is 0 Å². The number of benzene rings is 2. The van der Waals surface area contributed by atoms with Crippen molar-refractivity contribution >= 4 is 33.2 Å². The highest BCUT2D eigenvalue weighted by atomic mass is 35.5. The summed E-state index contributed by atoms with van der Waals surface area (Å²) in [5, 5.41) is 5.34. The van der Waals surface area contributed by atoms with Gasteiger partial charge in [-0.25, -0.2) is 4.98 Å². The van der Waals surface area contributed by atoms with Gasteiger partial charge in [-0.05, 0) is 37.2 Å². The van der Waals surface area contributed by atoms with E-state index in [1.807, 2.05) is 26.1 Å². The normalized spacial score (nSPS) is 12.7. The molecule has 1 N–H and O–H groups in total. The fourth-order valence-electron chi connectivity index (χ4n) is 2.49. The maximum atomic E-state index is 6.45. The molecule has 2 aromatic carbocycles. The standard InChI is InChI=1S/C17H17ClN2S/c1-11-6-5-7-12(17(11)18)14(19-2)10-16-20-13-8-3-4-9-15(13)21-16/h3-9,14,19H,10H2,1-2H3. The molecule has 0 bridgehead atoms. The molecule has 1 heterocycles. The number of aromatic nitrogens is 1. The summed E-state index contributed by atoms with van der Waals surface area (Å²) in [6, 6.07) is 14.6. The number of thiazole rings is 1. The minimum Gasteiger partial charge on any atom is -0.313 e. The molecule has 0 saturated carbocycles. The highest BCUT2D eigenvalue weighted by molar-refractivity contribution is 7.18. The van der Waals surface area contributed by atoms with Crippen molar-refractivity contribution in [1.82, 2.24) is 10.3 Å². The summed E-state index contributed by atoms with van der Waals surface area (Å²) in [4.78, 5) is 4.71. The molecule has 4 heteroatoms. The van der Waals surface area contributed by atoms with E-state index in [1.165, 1.54) is 4.70 Å². The van der Waals surface area contributed by atoms with Crippen LogP contribution < -0.4 is 5.32 Å². The summed E-state index contributed by atoms with van der Waals surface area (Å²) < 4.78 is 1.23. The van der Waals surface area contributed by atoms with Gasteiger partial charge in [0.1, 0.15) is 0 Å². The van der Waals surface area contributed by atoms with Gasteiger partial charge < -0.3 is 5.32 Å². The van der Waals surface area contributed by atoms with Crippen molar-refractivity contribution in [3.8, 4) is 0 Å². The Balaban J connectivity index is 1.92. The molecule has 0 aliphatic carbocycles. The second-order valence-corrected chi connectivity index (χ2v) is 6.59. The maximum Gasteiger partial charge on any atom is 0.0957 e. The molecule has 108 valence electrons. The molecule has 3 aromatic rings. The summed E-state index contributed by atoms with van der Waals surface area (Å²) >= 11 is 8.21. The number of likely N-dealkylation sites (N-methyl/N-ethyl adjacent to an activating group) is 1. The van der Waals surface area contributed by atoms with Gasteiger partial charge in [-0.15, -0.1) is 11.3 Å². The second-order valence-electron chi connectivity index (χ2n) is 5.10. The quantitative estimate of drug-likeness (QED) is 0.750. The van der Waals surface area contributed by atoms with Crippen molar-refractivity contribution in [2.45, 2.75) is 19.4 Å². The number of halogens is 1. The predicted octanol–water partition coefficient (Wildman–Crippen LogP) is 4.76. The fraction of sp³-hybridized carbons (Fsp3) is 0.235. The van der Waals surface area contributed by atoms with Crippen LogP contribution in [0.1, 0.15) is 22.2 Å². The first kappa shape index (κ1) is 14.5. The molecule has 3 rings (SSSR count). The van der Waals surface area contributed by atoms with E-state index in [9.17, 15) is 0 Å². The minimum absolute atomic E-state index is 0.179. The summed E-state index contributed by atoms with van der Waals surface area (Å²) in [5.41, 5.74) is 3.32. The van der Waals surface area contributed by atoms with Gasteiger partial charge >= 0.3 is 0 Å². The van der Waals surface area contributed by atoms with Crippen LogP contribution >= 0.6 is 22.9 Å². The van der Waals surface area contributed by atoms with Gasteiger partial charge in [-0.1, -0.05) is 41.9 Å². The van der Waals surface area contributed by atoms with Crippen LogP contribution in [0, 0.1) is 6.92 Å². The average molecular weight is 317 g/mol. The van der Waals surface area contributed by atoms with Gasteiger partial charge in [0.05, 0.1) is 15.2 Å². The van der Waals surface area contributed by atoms with Crippen molar-refractivity contribution in [3.05, 3.63) is 63.6 Å². The SMILES string of the molecule is CNC(Cc1nc2ccccc2s1)c1cccc(C)c1Cl. The van der Waals surface area contributed by atoms with Crippen LogP contribution in [0.2, 0.25) is 5.02 Å². The van der Waals surface area contributed by atoms with Gasteiger partial charge in [-0.2, -0.15) is 0 Å². The van der Waals surface area contributed by atoms with E-state index < -0.39 is 0 Å². The third-order valence-corrected chi connectivity index (χ3v) is 5.24. The molecule has 0 radical (unpaired) electrons. The number of hydrogen-bond donors (Lipinski definition) is 1. The lowest BCUT2D eigenvalue weighted by molar-refractivity contribution is 0.591. The smallest absolute Gasteiger partial charge is 0.0957 e. The third-order valence-electron chi connectivity index (χ3n) is 3.66. The molecule has 0 amide bonds. The van der Waals surface area contributed by atoms with Crippen molar-refractivity contribution in [2.75, 3.05) is 7.05 Å². The summed E-state index contributed by atoms with van der Waals surface area (Å²) in [6.07, 6.45) is 0.846. The summed E-state index contributed by atoms with van der Waals surface area (Å²) in [7, 11) is 1.97. The maximum absolute atomic E-state index is 6.45. The first-order chi connectivity index (χ1) is 10.2.